The van der Waals surface area contributed by atoms with Crippen LogP contribution in [0.2, 0.25) is 0 Å². The fraction of sp³-hybridized carbons (Fsp3) is 0.0312. The van der Waals surface area contributed by atoms with Gasteiger partial charge in [0, 0.05) is 17.6 Å². The monoisotopic (exact) mass is 438 g/mol. The molecule has 1 atom stereocenters. The van der Waals surface area contributed by atoms with Crippen LogP contribution in [0.4, 0.5) is 0 Å². The van der Waals surface area contributed by atoms with E-state index in [1.807, 2.05) is 24.3 Å². The number of rotatable bonds is 4. The van der Waals surface area contributed by atoms with Gasteiger partial charge in [-0.05, 0) is 50.2 Å². The molecule has 34 heavy (non-hydrogen) atoms. The molecule has 1 aliphatic rings. The number of benzene rings is 5. The van der Waals surface area contributed by atoms with Gasteiger partial charge in [-0.15, -0.1) is 0 Å². The number of ether oxygens (including phenoxy) is 1. The maximum absolute atomic E-state index is 12.4. The Kier molecular flexibility index (Phi) is 4.85. The first kappa shape index (κ1) is 20.2. The van der Waals surface area contributed by atoms with Crippen LogP contribution in [0.1, 0.15) is 22.6 Å². The molecule has 6 rings (SSSR count). The molecule has 0 aliphatic heterocycles. The lowest BCUT2D eigenvalue weighted by molar-refractivity contribution is -0.128. The molecule has 0 aromatic heterocycles. The van der Waals surface area contributed by atoms with Crippen LogP contribution in [0.15, 0.2) is 122 Å². The summed E-state index contributed by atoms with van der Waals surface area (Å²) in [6, 6.07) is 37.7. The molecule has 0 fully saturated rings. The van der Waals surface area contributed by atoms with Crippen molar-refractivity contribution in [3.63, 3.8) is 0 Å². The average Bonchev–Trinajstić information content (AvgIpc) is 3.23. The highest BCUT2D eigenvalue weighted by atomic mass is 16.5. The minimum absolute atomic E-state index is 0.0313. The summed E-state index contributed by atoms with van der Waals surface area (Å²) in [5.41, 5.74) is 8.03. The second-order valence-corrected chi connectivity index (χ2v) is 8.48. The van der Waals surface area contributed by atoms with Crippen molar-refractivity contribution in [2.24, 2.45) is 0 Å². The van der Waals surface area contributed by atoms with Crippen molar-refractivity contribution in [2.75, 3.05) is 0 Å². The van der Waals surface area contributed by atoms with Crippen LogP contribution in [-0.4, -0.2) is 5.97 Å². The largest absolute Gasteiger partial charge is 0.423 e. The number of hydrogen-bond donors (Lipinski definition) is 0. The molecule has 2 nitrogen and oxygen atoms in total. The molecule has 0 bridgehead atoms. The molecule has 1 aliphatic carbocycles. The van der Waals surface area contributed by atoms with E-state index in [2.05, 4.69) is 91.5 Å². The summed E-state index contributed by atoms with van der Waals surface area (Å²) < 4.78 is 5.85. The van der Waals surface area contributed by atoms with Crippen LogP contribution in [0, 0.1) is 0 Å². The van der Waals surface area contributed by atoms with E-state index in [1.54, 1.807) is 0 Å². The second kappa shape index (κ2) is 8.17. The fourth-order valence-corrected chi connectivity index (χ4v) is 5.23. The first-order valence-electron chi connectivity index (χ1n) is 11.4. The summed E-state index contributed by atoms with van der Waals surface area (Å²) >= 11 is 0. The lowest BCUT2D eigenvalue weighted by Crippen LogP contribution is -2.07. The lowest BCUT2D eigenvalue weighted by atomic mass is 9.83. The Morgan fingerprint density at radius 2 is 1.41 bits per heavy atom. The van der Waals surface area contributed by atoms with Gasteiger partial charge in [-0.3, -0.25) is 0 Å². The van der Waals surface area contributed by atoms with Gasteiger partial charge >= 0.3 is 5.97 Å². The second-order valence-electron chi connectivity index (χ2n) is 8.48. The molecule has 0 N–H and O–H groups in total. The molecular formula is C32H22O2. The van der Waals surface area contributed by atoms with Gasteiger partial charge in [-0.25, -0.2) is 4.79 Å². The van der Waals surface area contributed by atoms with Crippen molar-refractivity contribution in [1.82, 2.24) is 0 Å². The van der Waals surface area contributed by atoms with E-state index in [1.165, 1.54) is 28.3 Å². The molecule has 0 radical (unpaired) electrons. The Bertz CT molecular complexity index is 1560. The fourth-order valence-electron chi connectivity index (χ4n) is 5.23. The molecule has 5 aromatic carbocycles. The van der Waals surface area contributed by atoms with Crippen LogP contribution in [0.25, 0.3) is 33.0 Å². The van der Waals surface area contributed by atoms with E-state index in [-0.39, 0.29) is 5.92 Å². The van der Waals surface area contributed by atoms with Crippen molar-refractivity contribution < 1.29 is 9.53 Å². The van der Waals surface area contributed by atoms with Crippen molar-refractivity contribution in [2.45, 2.75) is 5.92 Å². The zero-order valence-electron chi connectivity index (χ0n) is 18.6. The van der Waals surface area contributed by atoms with Gasteiger partial charge in [-0.1, -0.05) is 110 Å². The lowest BCUT2D eigenvalue weighted by Gasteiger charge is -2.21. The number of fused-ring (bicyclic) bond motifs is 4. The maximum atomic E-state index is 12.4. The first-order chi connectivity index (χ1) is 16.8. The predicted molar refractivity (Wildman–Crippen MR) is 138 cm³/mol. The van der Waals surface area contributed by atoms with E-state index in [0.29, 0.717) is 5.75 Å². The van der Waals surface area contributed by atoms with Gasteiger partial charge < -0.3 is 4.74 Å². The summed E-state index contributed by atoms with van der Waals surface area (Å²) in [6.07, 6.45) is 1.21. The zero-order chi connectivity index (χ0) is 23.1. The van der Waals surface area contributed by atoms with Crippen molar-refractivity contribution >= 4 is 16.7 Å². The smallest absolute Gasteiger partial charge is 0.335 e. The van der Waals surface area contributed by atoms with E-state index in [4.69, 9.17) is 4.74 Å². The minimum Gasteiger partial charge on any atom is -0.423 e. The summed E-state index contributed by atoms with van der Waals surface area (Å²) in [5, 5.41) is 2.27. The highest BCUT2D eigenvalue weighted by Crippen LogP contribution is 2.54. The molecule has 1 unspecified atom stereocenters. The topological polar surface area (TPSA) is 26.3 Å². The standard InChI is InChI=1S/C32H22O2/c1-2-29(33)34-28-20-19-27-24-16-8-9-17-26(24)30(22-12-4-3-5-13-22)32(27)31(28)25-18-10-14-21-11-6-7-15-23(21)25/h2-20,30H,1H2. The SMILES string of the molecule is C=CC(=O)Oc1ccc2c(c1-c1cccc3ccccc13)C(c1ccccc1)c1ccccc1-2. The van der Waals surface area contributed by atoms with Crippen molar-refractivity contribution in [1.29, 1.82) is 0 Å². The highest BCUT2D eigenvalue weighted by molar-refractivity contribution is 6.02. The maximum Gasteiger partial charge on any atom is 0.335 e. The number of carbonyl (C=O) groups excluding carboxylic acids is 1. The Morgan fingerprint density at radius 3 is 2.26 bits per heavy atom. The molecule has 5 aromatic rings. The molecule has 2 heteroatoms. The van der Waals surface area contributed by atoms with Gasteiger partial charge in [-0.2, -0.15) is 0 Å². The summed E-state index contributed by atoms with van der Waals surface area (Å²) in [4.78, 5) is 12.4. The molecule has 0 spiro atoms. The number of hydrogen-bond acceptors (Lipinski definition) is 2. The van der Waals surface area contributed by atoms with Gasteiger partial charge in [0.15, 0.2) is 0 Å². The van der Waals surface area contributed by atoms with Gasteiger partial charge in [0.2, 0.25) is 0 Å². The average molecular weight is 439 g/mol. The Labute approximate surface area is 198 Å². The number of esters is 1. The molecule has 0 amide bonds. The van der Waals surface area contributed by atoms with E-state index >= 15 is 0 Å². The third-order valence-electron chi connectivity index (χ3n) is 6.63. The van der Waals surface area contributed by atoms with Crippen LogP contribution in [0.3, 0.4) is 0 Å². The quantitative estimate of drug-likeness (QED) is 0.160. The van der Waals surface area contributed by atoms with E-state index in [0.717, 1.165) is 27.5 Å². The van der Waals surface area contributed by atoms with Gasteiger partial charge in [0.05, 0.1) is 0 Å². The third-order valence-corrected chi connectivity index (χ3v) is 6.63. The molecule has 162 valence electrons. The van der Waals surface area contributed by atoms with Crippen LogP contribution >= 0.6 is 0 Å². The first-order valence-corrected chi connectivity index (χ1v) is 11.4. The highest BCUT2D eigenvalue weighted by Gasteiger charge is 2.34. The van der Waals surface area contributed by atoms with E-state index < -0.39 is 5.97 Å². The molecule has 0 heterocycles. The van der Waals surface area contributed by atoms with Crippen LogP contribution in [-0.2, 0) is 4.79 Å². The zero-order valence-corrected chi connectivity index (χ0v) is 18.6. The Hall–Kier alpha value is -4.43. The Balaban J connectivity index is 1.73. The summed E-state index contributed by atoms with van der Waals surface area (Å²) in [7, 11) is 0. The summed E-state index contributed by atoms with van der Waals surface area (Å²) in [5.74, 6) is 0.116. The van der Waals surface area contributed by atoms with Crippen LogP contribution in [0.5, 0.6) is 5.75 Å². The Morgan fingerprint density at radius 1 is 0.706 bits per heavy atom. The minimum atomic E-state index is -0.465. The molecule has 0 saturated heterocycles. The van der Waals surface area contributed by atoms with E-state index in [9.17, 15) is 4.79 Å². The molecule has 0 saturated carbocycles. The normalized spacial score (nSPS) is 13.8. The van der Waals surface area contributed by atoms with Crippen LogP contribution < -0.4 is 4.74 Å². The number of carbonyl (C=O) groups is 1. The predicted octanol–water partition coefficient (Wildman–Crippen LogP) is 7.76. The molecular weight excluding hydrogens is 416 g/mol. The van der Waals surface area contributed by atoms with Crippen molar-refractivity contribution in [3.8, 4) is 28.0 Å². The summed E-state index contributed by atoms with van der Waals surface area (Å²) in [6.45, 7) is 3.60. The van der Waals surface area contributed by atoms with Crippen molar-refractivity contribution in [3.05, 3.63) is 139 Å². The van der Waals surface area contributed by atoms with Gasteiger partial charge in [0.25, 0.3) is 0 Å². The third kappa shape index (κ3) is 3.15. The van der Waals surface area contributed by atoms with Gasteiger partial charge in [0.1, 0.15) is 5.75 Å².